The number of rotatable bonds is 4. The van der Waals surface area contributed by atoms with Crippen LogP contribution in [0.25, 0.3) is 32.6 Å². The molecule has 1 aromatic carbocycles. The van der Waals surface area contributed by atoms with E-state index in [-0.39, 0.29) is 5.41 Å². The number of halogens is 1. The molecule has 7 rings (SSSR count). The van der Waals surface area contributed by atoms with Gasteiger partial charge in [0.15, 0.2) is 5.65 Å². The van der Waals surface area contributed by atoms with E-state index in [0.717, 1.165) is 45.4 Å². The highest BCUT2D eigenvalue weighted by Gasteiger charge is 2.69. The lowest BCUT2D eigenvalue weighted by molar-refractivity contribution is 0.538. The number of aromatic nitrogens is 6. The fourth-order valence-electron chi connectivity index (χ4n) is 5.73. The van der Waals surface area contributed by atoms with Crippen molar-refractivity contribution in [1.29, 1.82) is 0 Å². The normalized spacial score (nSPS) is 23.7. The Bertz CT molecular complexity index is 1550. The maximum Gasteiger partial charge on any atom is 0.177 e. The molecule has 3 atom stereocenters. The standard InChI is InChI=1S/C24H21ClN8S/c1-12-29-16-6-5-13(19(25)22(16)34-12)20-21-23(32-31-20)30-18(8-28-21)33-9-14-15(10-33)24(14,11-26)17-4-2-3-7-27-17/h2-8,14-15H,9-11,26H2,1H3,(H,30,31,32)/t14-,15+,24-. The fraction of sp³-hybridized carbons (Fsp3) is 0.292. The molecule has 2 fully saturated rings. The Morgan fingerprint density at radius 3 is 2.79 bits per heavy atom. The molecule has 1 saturated heterocycles. The predicted molar refractivity (Wildman–Crippen MR) is 134 cm³/mol. The van der Waals surface area contributed by atoms with Crippen LogP contribution in [0.3, 0.4) is 0 Å². The van der Waals surface area contributed by atoms with E-state index in [1.54, 1.807) is 11.3 Å². The molecule has 0 radical (unpaired) electrons. The topological polar surface area (TPSA) is 110 Å². The van der Waals surface area contributed by atoms with Crippen LogP contribution in [0.15, 0.2) is 42.7 Å². The van der Waals surface area contributed by atoms with Crippen LogP contribution in [-0.4, -0.2) is 49.8 Å². The minimum atomic E-state index is -0.0131. The number of hydrogen-bond donors (Lipinski definition) is 2. The van der Waals surface area contributed by atoms with Crippen LogP contribution in [0.1, 0.15) is 10.7 Å². The second-order valence-electron chi connectivity index (χ2n) is 9.08. The number of aromatic amines is 1. The monoisotopic (exact) mass is 488 g/mol. The average molecular weight is 489 g/mol. The number of piperidine rings is 1. The molecule has 0 unspecified atom stereocenters. The number of benzene rings is 1. The lowest BCUT2D eigenvalue weighted by Crippen LogP contribution is -2.35. The van der Waals surface area contributed by atoms with E-state index in [2.05, 4.69) is 31.1 Å². The molecule has 4 aromatic heterocycles. The lowest BCUT2D eigenvalue weighted by Gasteiger charge is -2.26. The zero-order chi connectivity index (χ0) is 23.0. The Morgan fingerprint density at radius 2 is 2.03 bits per heavy atom. The molecular weight excluding hydrogens is 468 g/mol. The molecule has 34 heavy (non-hydrogen) atoms. The summed E-state index contributed by atoms with van der Waals surface area (Å²) in [6.45, 7) is 4.39. The van der Waals surface area contributed by atoms with Gasteiger partial charge in [0, 0.05) is 42.5 Å². The van der Waals surface area contributed by atoms with E-state index in [0.29, 0.717) is 40.3 Å². The van der Waals surface area contributed by atoms with E-state index >= 15 is 0 Å². The van der Waals surface area contributed by atoms with E-state index in [1.165, 1.54) is 0 Å². The van der Waals surface area contributed by atoms with Gasteiger partial charge in [0.05, 0.1) is 26.4 Å². The van der Waals surface area contributed by atoms with E-state index in [9.17, 15) is 0 Å². The second kappa shape index (κ2) is 7.18. The summed E-state index contributed by atoms with van der Waals surface area (Å²) >= 11 is 8.32. The summed E-state index contributed by atoms with van der Waals surface area (Å²) in [5.41, 5.74) is 11.1. The first kappa shape index (κ1) is 20.3. The zero-order valence-corrected chi connectivity index (χ0v) is 19.9. The van der Waals surface area contributed by atoms with Crippen LogP contribution < -0.4 is 10.6 Å². The summed E-state index contributed by atoms with van der Waals surface area (Å²) < 4.78 is 0.963. The molecule has 5 aromatic rings. The van der Waals surface area contributed by atoms with Gasteiger partial charge in [0.2, 0.25) is 0 Å². The molecule has 5 heterocycles. The molecule has 3 N–H and O–H groups in total. The van der Waals surface area contributed by atoms with Crippen molar-refractivity contribution >= 4 is 50.1 Å². The largest absolute Gasteiger partial charge is 0.355 e. The SMILES string of the molecule is Cc1nc2ccc(-c3n[nH]c4nc(N5C[C@@H]6[C@H](C5)[C@]6(CN)c5ccccn5)cnc34)c(Cl)c2s1. The quantitative estimate of drug-likeness (QED) is 0.394. The minimum Gasteiger partial charge on any atom is -0.355 e. The van der Waals surface area contributed by atoms with Crippen molar-refractivity contribution in [1.82, 2.24) is 30.1 Å². The first-order valence-corrected chi connectivity index (χ1v) is 12.4. The third-order valence-electron chi connectivity index (χ3n) is 7.45. The average Bonchev–Trinajstić information content (AvgIpc) is 3.31. The first-order valence-electron chi connectivity index (χ1n) is 11.2. The van der Waals surface area contributed by atoms with Crippen molar-refractivity contribution in [2.75, 3.05) is 24.5 Å². The van der Waals surface area contributed by atoms with Crippen LogP contribution in [0.5, 0.6) is 0 Å². The van der Waals surface area contributed by atoms with Crippen LogP contribution in [0, 0.1) is 18.8 Å². The first-order chi connectivity index (χ1) is 16.6. The highest BCUT2D eigenvalue weighted by atomic mass is 35.5. The summed E-state index contributed by atoms with van der Waals surface area (Å²) in [7, 11) is 0. The summed E-state index contributed by atoms with van der Waals surface area (Å²) in [4.78, 5) is 21.0. The summed E-state index contributed by atoms with van der Waals surface area (Å²) in [6.07, 6.45) is 3.69. The number of nitrogens with one attached hydrogen (secondary N) is 1. The van der Waals surface area contributed by atoms with Crippen molar-refractivity contribution in [2.45, 2.75) is 12.3 Å². The molecule has 0 amide bonds. The second-order valence-corrected chi connectivity index (χ2v) is 10.7. The molecule has 2 aliphatic rings. The smallest absolute Gasteiger partial charge is 0.177 e. The minimum absolute atomic E-state index is 0.0131. The van der Waals surface area contributed by atoms with Gasteiger partial charge >= 0.3 is 0 Å². The van der Waals surface area contributed by atoms with E-state index in [1.807, 2.05) is 43.6 Å². The highest BCUT2D eigenvalue weighted by Crippen LogP contribution is 2.62. The molecular formula is C24H21ClN8S. The maximum absolute atomic E-state index is 6.74. The van der Waals surface area contributed by atoms with Gasteiger partial charge in [0.25, 0.3) is 0 Å². The van der Waals surface area contributed by atoms with Gasteiger partial charge in [-0.05, 0) is 43.0 Å². The van der Waals surface area contributed by atoms with Gasteiger partial charge in [-0.1, -0.05) is 17.7 Å². The maximum atomic E-state index is 6.74. The van der Waals surface area contributed by atoms with Crippen molar-refractivity contribution < 1.29 is 0 Å². The van der Waals surface area contributed by atoms with Crippen molar-refractivity contribution in [3.8, 4) is 11.3 Å². The highest BCUT2D eigenvalue weighted by molar-refractivity contribution is 7.19. The molecule has 8 nitrogen and oxygen atoms in total. The number of nitrogens with two attached hydrogens (primary N) is 1. The molecule has 170 valence electrons. The van der Waals surface area contributed by atoms with E-state index in [4.69, 9.17) is 27.3 Å². The van der Waals surface area contributed by atoms with Gasteiger partial charge in [-0.2, -0.15) is 5.10 Å². The number of H-pyrrole nitrogens is 1. The molecule has 1 aliphatic carbocycles. The predicted octanol–water partition coefficient (Wildman–Crippen LogP) is 3.95. The Hall–Kier alpha value is -3.14. The number of hydrogen-bond acceptors (Lipinski definition) is 8. The fourth-order valence-corrected chi connectivity index (χ4v) is 6.96. The van der Waals surface area contributed by atoms with Crippen molar-refractivity contribution in [2.24, 2.45) is 17.6 Å². The Balaban J connectivity index is 1.19. The molecule has 0 spiro atoms. The van der Waals surface area contributed by atoms with Crippen LogP contribution >= 0.6 is 22.9 Å². The molecule has 10 heteroatoms. The summed E-state index contributed by atoms with van der Waals surface area (Å²) in [5, 5.41) is 9.20. The number of thiazole rings is 1. The third-order valence-corrected chi connectivity index (χ3v) is 8.96. The van der Waals surface area contributed by atoms with Crippen LogP contribution in [0.4, 0.5) is 5.82 Å². The Kier molecular flexibility index (Phi) is 4.28. The summed E-state index contributed by atoms with van der Waals surface area (Å²) in [6, 6.07) is 10.0. The Morgan fingerprint density at radius 1 is 1.18 bits per heavy atom. The van der Waals surface area contributed by atoms with Crippen LogP contribution in [-0.2, 0) is 5.41 Å². The van der Waals surface area contributed by atoms with E-state index < -0.39 is 0 Å². The number of nitrogens with zero attached hydrogens (tertiary/aromatic N) is 6. The van der Waals surface area contributed by atoms with Crippen LogP contribution in [0.2, 0.25) is 5.02 Å². The Labute approximate surface area is 204 Å². The number of anilines is 1. The van der Waals surface area contributed by atoms with Gasteiger partial charge in [-0.15, -0.1) is 11.3 Å². The van der Waals surface area contributed by atoms with Gasteiger partial charge in [-0.3, -0.25) is 10.1 Å². The van der Waals surface area contributed by atoms with Gasteiger partial charge in [0.1, 0.15) is 17.0 Å². The molecule has 1 aliphatic heterocycles. The zero-order valence-electron chi connectivity index (χ0n) is 18.4. The molecule has 1 saturated carbocycles. The summed E-state index contributed by atoms with van der Waals surface area (Å²) in [5.74, 6) is 1.81. The lowest BCUT2D eigenvalue weighted by atomic mass is 9.95. The molecule has 0 bridgehead atoms. The van der Waals surface area contributed by atoms with Gasteiger partial charge in [-0.25, -0.2) is 15.0 Å². The number of aryl methyl sites for hydroxylation is 1. The number of fused-ring (bicyclic) bond motifs is 3. The van der Waals surface area contributed by atoms with Crippen molar-refractivity contribution in [3.05, 3.63) is 58.4 Å². The van der Waals surface area contributed by atoms with Gasteiger partial charge < -0.3 is 10.6 Å². The van der Waals surface area contributed by atoms with Crippen molar-refractivity contribution in [3.63, 3.8) is 0 Å². The number of pyridine rings is 1. The third kappa shape index (κ3) is 2.71.